The molecule has 1 aliphatic rings. The molecule has 0 radical (unpaired) electrons. The maximum Gasteiger partial charge on any atom is 0.294 e. The van der Waals surface area contributed by atoms with E-state index in [9.17, 15) is 19.2 Å². The van der Waals surface area contributed by atoms with Gasteiger partial charge in [0.1, 0.15) is 12.3 Å². The molecule has 1 fully saturated rings. The summed E-state index contributed by atoms with van der Waals surface area (Å²) in [5, 5.41) is 5.17. The minimum atomic E-state index is -0.567. The van der Waals surface area contributed by atoms with Crippen molar-refractivity contribution in [3.8, 4) is 5.75 Å². The van der Waals surface area contributed by atoms with Gasteiger partial charge < -0.3 is 15.4 Å². The smallest absolute Gasteiger partial charge is 0.294 e. The summed E-state index contributed by atoms with van der Waals surface area (Å²) in [6, 6.07) is 19.3. The van der Waals surface area contributed by atoms with Gasteiger partial charge in [0.2, 0.25) is 5.91 Å². The molecule has 0 aliphatic carbocycles. The van der Waals surface area contributed by atoms with Crippen molar-refractivity contribution in [2.75, 3.05) is 23.8 Å². The van der Waals surface area contributed by atoms with E-state index in [4.69, 9.17) is 16.3 Å². The number of ether oxygens (including phenoxy) is 1. The highest BCUT2D eigenvalue weighted by atomic mass is 35.5. The molecule has 194 valence electrons. The van der Waals surface area contributed by atoms with Crippen LogP contribution in [0.3, 0.4) is 0 Å². The molecule has 0 aromatic heterocycles. The lowest BCUT2D eigenvalue weighted by Gasteiger charge is -2.12. The monoisotopic (exact) mass is 549 g/mol. The van der Waals surface area contributed by atoms with E-state index in [1.54, 1.807) is 42.5 Å². The molecule has 4 amide bonds. The van der Waals surface area contributed by atoms with Crippen LogP contribution in [0, 0.1) is 13.8 Å². The number of nitrogens with one attached hydrogen (secondary N) is 2. The van der Waals surface area contributed by atoms with E-state index in [2.05, 4.69) is 10.6 Å². The topological polar surface area (TPSA) is 105 Å². The molecule has 0 saturated carbocycles. The predicted molar refractivity (Wildman–Crippen MR) is 149 cm³/mol. The zero-order chi connectivity index (χ0) is 27.2. The average Bonchev–Trinajstić information content (AvgIpc) is 3.13. The third-order valence-corrected chi connectivity index (χ3v) is 6.72. The van der Waals surface area contributed by atoms with Crippen molar-refractivity contribution in [3.05, 3.63) is 93.3 Å². The Morgan fingerprint density at radius 3 is 2.47 bits per heavy atom. The number of hydrogen-bond donors (Lipinski definition) is 2. The van der Waals surface area contributed by atoms with Gasteiger partial charge in [-0.3, -0.25) is 24.1 Å². The van der Waals surface area contributed by atoms with E-state index in [0.717, 1.165) is 27.8 Å². The highest BCUT2D eigenvalue weighted by molar-refractivity contribution is 8.18. The van der Waals surface area contributed by atoms with Gasteiger partial charge in [-0.25, -0.2) is 0 Å². The van der Waals surface area contributed by atoms with Gasteiger partial charge in [-0.2, -0.15) is 0 Å². The van der Waals surface area contributed by atoms with Crippen LogP contribution in [-0.2, 0) is 14.4 Å². The normalized spacial score (nSPS) is 14.1. The molecule has 1 heterocycles. The third-order valence-electron chi connectivity index (χ3n) is 5.51. The number of aryl methyl sites for hydroxylation is 2. The molecule has 4 rings (SSSR count). The van der Waals surface area contributed by atoms with Crippen molar-refractivity contribution in [1.29, 1.82) is 0 Å². The van der Waals surface area contributed by atoms with Crippen LogP contribution in [0.2, 0.25) is 5.02 Å². The van der Waals surface area contributed by atoms with Gasteiger partial charge in [0.25, 0.3) is 17.1 Å². The van der Waals surface area contributed by atoms with Gasteiger partial charge in [-0.15, -0.1) is 0 Å². The summed E-state index contributed by atoms with van der Waals surface area (Å²) in [5.41, 5.74) is 3.80. The molecule has 1 aliphatic heterocycles. The van der Waals surface area contributed by atoms with Crippen LogP contribution >= 0.6 is 23.4 Å². The molecule has 0 spiro atoms. The third kappa shape index (κ3) is 6.81. The maximum absolute atomic E-state index is 12.8. The van der Waals surface area contributed by atoms with E-state index in [1.165, 1.54) is 6.08 Å². The Labute approximate surface area is 229 Å². The van der Waals surface area contributed by atoms with E-state index in [0.29, 0.717) is 22.7 Å². The second kappa shape index (κ2) is 12.0. The standard InChI is InChI=1S/C28H24ClN3O5S/c1-17-8-9-18(2)22(12-17)31-26(34)16-37-23-11-10-19(13-21(23)29)14-24-27(35)32(28(36)38-24)15-25(33)30-20-6-4-3-5-7-20/h3-14H,15-16H2,1-2H3,(H,30,33)(H,31,34)/b24-14-. The molecule has 2 N–H and O–H groups in total. The second-order valence-corrected chi connectivity index (χ2v) is 9.93. The number of carbonyl (C=O) groups is 4. The molecule has 8 nitrogen and oxygen atoms in total. The van der Waals surface area contributed by atoms with Crippen molar-refractivity contribution in [2.45, 2.75) is 13.8 Å². The summed E-state index contributed by atoms with van der Waals surface area (Å²) in [7, 11) is 0. The Kier molecular flexibility index (Phi) is 8.50. The highest BCUT2D eigenvalue weighted by Gasteiger charge is 2.36. The number of nitrogens with zero attached hydrogens (tertiary/aromatic N) is 1. The molecule has 3 aromatic carbocycles. The maximum atomic E-state index is 12.8. The molecule has 38 heavy (non-hydrogen) atoms. The number of para-hydroxylation sites is 1. The molecule has 10 heteroatoms. The molecular formula is C28H24ClN3O5S. The molecule has 0 unspecified atom stereocenters. The van der Waals surface area contributed by atoms with E-state index in [-0.39, 0.29) is 22.4 Å². The Bertz CT molecular complexity index is 1440. The minimum absolute atomic E-state index is 0.167. The number of rotatable bonds is 8. The van der Waals surface area contributed by atoms with Crippen LogP contribution in [0.1, 0.15) is 16.7 Å². The zero-order valence-electron chi connectivity index (χ0n) is 20.6. The van der Waals surface area contributed by atoms with Crippen LogP contribution in [-0.4, -0.2) is 41.0 Å². The van der Waals surface area contributed by atoms with Gasteiger partial charge in [0, 0.05) is 11.4 Å². The summed E-state index contributed by atoms with van der Waals surface area (Å²) < 4.78 is 5.57. The summed E-state index contributed by atoms with van der Waals surface area (Å²) in [4.78, 5) is 50.8. The number of hydrogen-bond acceptors (Lipinski definition) is 6. The van der Waals surface area contributed by atoms with Crippen molar-refractivity contribution in [3.63, 3.8) is 0 Å². The zero-order valence-corrected chi connectivity index (χ0v) is 22.2. The first-order chi connectivity index (χ1) is 18.2. The van der Waals surface area contributed by atoms with E-state index in [1.807, 2.05) is 38.1 Å². The van der Waals surface area contributed by atoms with E-state index < -0.39 is 23.6 Å². The lowest BCUT2D eigenvalue weighted by atomic mass is 10.1. The summed E-state index contributed by atoms with van der Waals surface area (Å²) in [5.74, 6) is -1.08. The number of carbonyl (C=O) groups excluding carboxylic acids is 4. The van der Waals surface area contributed by atoms with Gasteiger partial charge in [0.15, 0.2) is 6.61 Å². The van der Waals surface area contributed by atoms with Crippen molar-refractivity contribution >= 4 is 63.8 Å². The molecular weight excluding hydrogens is 526 g/mol. The molecule has 0 atom stereocenters. The summed E-state index contributed by atoms with van der Waals surface area (Å²) in [6.45, 7) is 3.21. The van der Waals surface area contributed by atoms with Gasteiger partial charge in [-0.1, -0.05) is 48.0 Å². The fraction of sp³-hybridized carbons (Fsp3) is 0.143. The number of imide groups is 1. The SMILES string of the molecule is Cc1ccc(C)c(NC(=O)COc2ccc(/C=C3\SC(=O)N(CC(=O)Nc4ccccc4)C3=O)cc2Cl)c1. The molecule has 3 aromatic rings. The number of benzene rings is 3. The second-order valence-electron chi connectivity index (χ2n) is 8.53. The number of thioether (sulfide) groups is 1. The Hall–Kier alpha value is -4.08. The predicted octanol–water partition coefficient (Wildman–Crippen LogP) is 5.65. The Balaban J connectivity index is 1.35. The largest absolute Gasteiger partial charge is 0.482 e. The van der Waals surface area contributed by atoms with Crippen LogP contribution in [0.4, 0.5) is 16.2 Å². The number of amides is 4. The van der Waals surface area contributed by atoms with Gasteiger partial charge in [-0.05, 0) is 78.7 Å². The fourth-order valence-corrected chi connectivity index (χ4v) is 4.66. The molecule has 1 saturated heterocycles. The number of halogens is 1. The van der Waals surface area contributed by atoms with Crippen molar-refractivity contribution in [2.24, 2.45) is 0 Å². The molecule has 0 bridgehead atoms. The van der Waals surface area contributed by atoms with Crippen LogP contribution < -0.4 is 15.4 Å². The van der Waals surface area contributed by atoms with Crippen LogP contribution in [0.25, 0.3) is 6.08 Å². The lowest BCUT2D eigenvalue weighted by molar-refractivity contribution is -0.127. The Morgan fingerprint density at radius 1 is 0.974 bits per heavy atom. The van der Waals surface area contributed by atoms with Crippen LogP contribution in [0.15, 0.2) is 71.6 Å². The lowest BCUT2D eigenvalue weighted by Crippen LogP contribution is -2.36. The van der Waals surface area contributed by atoms with Gasteiger partial charge >= 0.3 is 0 Å². The quantitative estimate of drug-likeness (QED) is 0.352. The first kappa shape index (κ1) is 27.0. The van der Waals surface area contributed by atoms with Crippen molar-refractivity contribution < 1.29 is 23.9 Å². The van der Waals surface area contributed by atoms with Crippen LogP contribution in [0.5, 0.6) is 5.75 Å². The Morgan fingerprint density at radius 2 is 1.74 bits per heavy atom. The van der Waals surface area contributed by atoms with Crippen molar-refractivity contribution in [1.82, 2.24) is 4.90 Å². The summed E-state index contributed by atoms with van der Waals surface area (Å²) in [6.07, 6.45) is 1.52. The average molecular weight is 550 g/mol. The van der Waals surface area contributed by atoms with Gasteiger partial charge in [0.05, 0.1) is 9.93 Å². The summed E-state index contributed by atoms with van der Waals surface area (Å²) >= 11 is 7.08. The minimum Gasteiger partial charge on any atom is -0.482 e. The van der Waals surface area contributed by atoms with E-state index >= 15 is 0 Å². The first-order valence-corrected chi connectivity index (χ1v) is 12.8. The highest BCUT2D eigenvalue weighted by Crippen LogP contribution is 2.33. The number of anilines is 2. The fourth-order valence-electron chi connectivity index (χ4n) is 3.58. The first-order valence-electron chi connectivity index (χ1n) is 11.6.